The molecule has 1 saturated heterocycles. The van der Waals surface area contributed by atoms with E-state index in [1.165, 1.54) is 36.9 Å². The fraction of sp³-hybridized carbons (Fsp3) is 0.286. The zero-order chi connectivity index (χ0) is 29.9. The fourth-order valence-corrected chi connectivity index (χ4v) is 5.38. The molecule has 5 rings (SSSR count). The van der Waals surface area contributed by atoms with Gasteiger partial charge in [0, 0.05) is 19.3 Å². The lowest BCUT2D eigenvalue weighted by Gasteiger charge is -2.32. The number of halogens is 2. The lowest BCUT2D eigenvalue weighted by Crippen LogP contribution is -2.38. The van der Waals surface area contributed by atoms with Gasteiger partial charge in [0.1, 0.15) is 22.7 Å². The molecule has 42 heavy (non-hydrogen) atoms. The Morgan fingerprint density at radius 1 is 1.02 bits per heavy atom. The number of nitrogens with one attached hydrogen (secondary N) is 2. The Morgan fingerprint density at radius 3 is 2.40 bits per heavy atom. The molecule has 3 heterocycles. The number of nitrogens with zero attached hydrogens (tertiary/aromatic N) is 4. The molecule has 0 spiro atoms. The molecule has 4 aromatic rings. The van der Waals surface area contributed by atoms with Crippen LogP contribution in [0.15, 0.2) is 67.0 Å². The molecule has 1 aliphatic rings. The molecule has 0 unspecified atom stereocenters. The summed E-state index contributed by atoms with van der Waals surface area (Å²) in [7, 11) is -3.88. The predicted octanol–water partition coefficient (Wildman–Crippen LogP) is 4.17. The van der Waals surface area contributed by atoms with Crippen LogP contribution in [-0.4, -0.2) is 65.2 Å². The molecule has 0 saturated carbocycles. The highest BCUT2D eigenvalue weighted by Crippen LogP contribution is 2.33. The van der Waals surface area contributed by atoms with Crippen LogP contribution in [0, 0.1) is 0 Å². The summed E-state index contributed by atoms with van der Waals surface area (Å²) in [4.78, 5) is 32.5. The van der Waals surface area contributed by atoms with Gasteiger partial charge in [0.2, 0.25) is 10.0 Å². The molecule has 2 aromatic carbocycles. The van der Waals surface area contributed by atoms with E-state index in [4.69, 9.17) is 0 Å². The number of fused-ring (bicyclic) bond motifs is 1. The third kappa shape index (κ3) is 6.17. The second kappa shape index (κ2) is 12.1. The molecule has 11 nitrogen and oxygen atoms in total. The smallest absolute Gasteiger partial charge is 0.387 e. The Bertz CT molecular complexity index is 1710. The number of carbonyl (C=O) groups is 2. The van der Waals surface area contributed by atoms with Crippen LogP contribution in [0.5, 0.6) is 5.75 Å². The second-order valence-electron chi connectivity index (χ2n) is 9.63. The third-order valence-electron chi connectivity index (χ3n) is 7.04. The number of likely N-dealkylation sites (tertiary alicyclic amines) is 1. The van der Waals surface area contributed by atoms with Crippen molar-refractivity contribution < 1.29 is 31.5 Å². The molecule has 1 aliphatic heterocycles. The van der Waals surface area contributed by atoms with Crippen molar-refractivity contribution in [3.05, 3.63) is 83.7 Å². The molecule has 0 aliphatic carbocycles. The van der Waals surface area contributed by atoms with E-state index in [-0.39, 0.29) is 45.7 Å². The first-order valence-corrected chi connectivity index (χ1v) is 14.9. The molecular weight excluding hydrogens is 570 g/mol. The Kier molecular flexibility index (Phi) is 8.34. The topological polar surface area (TPSA) is 135 Å². The van der Waals surface area contributed by atoms with Crippen LogP contribution in [-0.2, 0) is 10.0 Å². The summed E-state index contributed by atoms with van der Waals surface area (Å²) < 4.78 is 58.0. The number of anilines is 2. The van der Waals surface area contributed by atoms with Gasteiger partial charge in [-0.25, -0.2) is 18.1 Å². The molecule has 0 radical (unpaired) electrons. The maximum absolute atomic E-state index is 13.8. The zero-order valence-corrected chi connectivity index (χ0v) is 23.4. The number of hydrogen-bond donors (Lipinski definition) is 2. The van der Waals surface area contributed by atoms with E-state index in [1.54, 1.807) is 11.0 Å². The van der Waals surface area contributed by atoms with Crippen LogP contribution in [0.3, 0.4) is 0 Å². The summed E-state index contributed by atoms with van der Waals surface area (Å²) >= 11 is 0. The van der Waals surface area contributed by atoms with Crippen molar-refractivity contribution in [3.8, 4) is 5.75 Å². The molecule has 1 fully saturated rings. The van der Waals surface area contributed by atoms with Crippen molar-refractivity contribution in [1.82, 2.24) is 24.2 Å². The quantitative estimate of drug-likeness (QED) is 0.293. The van der Waals surface area contributed by atoms with Gasteiger partial charge >= 0.3 is 6.61 Å². The Morgan fingerprint density at radius 2 is 1.71 bits per heavy atom. The lowest BCUT2D eigenvalue weighted by molar-refractivity contribution is -0.0493. The van der Waals surface area contributed by atoms with Crippen molar-refractivity contribution in [2.24, 2.45) is 0 Å². The number of sulfonamides is 1. The Balaban J connectivity index is 1.51. The number of para-hydroxylation sites is 2. The first-order valence-electron chi connectivity index (χ1n) is 13.2. The first-order chi connectivity index (χ1) is 20.2. The number of piperidine rings is 1. The molecule has 2 amide bonds. The van der Waals surface area contributed by atoms with Crippen molar-refractivity contribution in [2.75, 3.05) is 24.2 Å². The summed E-state index contributed by atoms with van der Waals surface area (Å²) in [5.41, 5.74) is 1.18. The Hall–Kier alpha value is -4.59. The van der Waals surface area contributed by atoms with Gasteiger partial charge in [-0.15, -0.1) is 0 Å². The second-order valence-corrected chi connectivity index (χ2v) is 11.6. The molecule has 2 N–H and O–H groups in total. The predicted molar refractivity (Wildman–Crippen MR) is 151 cm³/mol. The normalized spacial score (nSPS) is 14.2. The van der Waals surface area contributed by atoms with Crippen LogP contribution < -0.4 is 14.8 Å². The summed E-state index contributed by atoms with van der Waals surface area (Å²) in [6, 6.07) is 16.0. The average Bonchev–Trinajstić information content (AvgIpc) is 3.43. The summed E-state index contributed by atoms with van der Waals surface area (Å²) in [5, 5.41) is 7.16. The van der Waals surface area contributed by atoms with Crippen molar-refractivity contribution in [1.29, 1.82) is 0 Å². The highest BCUT2D eigenvalue weighted by molar-refractivity contribution is 7.90. The van der Waals surface area contributed by atoms with E-state index in [0.29, 0.717) is 19.0 Å². The van der Waals surface area contributed by atoms with Crippen LogP contribution in [0.25, 0.3) is 5.65 Å². The largest absolute Gasteiger partial charge is 0.433 e. The van der Waals surface area contributed by atoms with E-state index >= 15 is 0 Å². The maximum atomic E-state index is 13.8. The number of alkyl halides is 2. The minimum atomic E-state index is -3.88. The lowest BCUT2D eigenvalue weighted by atomic mass is 9.89. The standard InChI is InChI=1S/C28H28F2N6O5S/c1-2-42(39,40)34-26(37)20-17-32-36-24(20)31-16-21(25(36)33-22-10-6-7-11-23(22)41-28(29)30)27(38)35-14-12-19(13-15-35)18-8-4-3-5-9-18/h3-11,16-17,19,28,33H,2,12-15H2,1H3,(H,34,37). The van der Waals surface area contributed by atoms with Crippen molar-refractivity contribution in [2.45, 2.75) is 32.3 Å². The van der Waals surface area contributed by atoms with E-state index in [2.05, 4.69) is 32.3 Å². The van der Waals surface area contributed by atoms with Crippen LogP contribution >= 0.6 is 0 Å². The van der Waals surface area contributed by atoms with Crippen LogP contribution in [0.2, 0.25) is 0 Å². The molecule has 14 heteroatoms. The summed E-state index contributed by atoms with van der Waals surface area (Å²) in [5.74, 6) is -1.48. The van der Waals surface area contributed by atoms with E-state index < -0.39 is 22.5 Å². The average molecular weight is 599 g/mol. The molecular formula is C28H28F2N6O5S. The van der Waals surface area contributed by atoms with Gasteiger partial charge < -0.3 is 15.0 Å². The molecule has 220 valence electrons. The third-order valence-corrected chi connectivity index (χ3v) is 8.30. The number of benzene rings is 2. The van der Waals surface area contributed by atoms with Gasteiger partial charge in [-0.3, -0.25) is 9.59 Å². The molecule has 0 atom stereocenters. The number of rotatable bonds is 9. The highest BCUT2D eigenvalue weighted by Gasteiger charge is 2.29. The van der Waals surface area contributed by atoms with E-state index in [1.807, 2.05) is 22.9 Å². The van der Waals surface area contributed by atoms with Gasteiger partial charge in [0.25, 0.3) is 11.8 Å². The van der Waals surface area contributed by atoms with Gasteiger partial charge in [0.05, 0.1) is 17.6 Å². The molecule has 0 bridgehead atoms. The summed E-state index contributed by atoms with van der Waals surface area (Å²) in [6.45, 7) is -0.769. The number of hydrogen-bond acceptors (Lipinski definition) is 8. The van der Waals surface area contributed by atoms with Crippen LogP contribution in [0.1, 0.15) is 52.0 Å². The van der Waals surface area contributed by atoms with E-state index in [9.17, 15) is 26.8 Å². The number of carbonyl (C=O) groups excluding carboxylic acids is 2. The van der Waals surface area contributed by atoms with Crippen LogP contribution in [0.4, 0.5) is 20.3 Å². The number of amides is 2. The van der Waals surface area contributed by atoms with Gasteiger partial charge in [-0.05, 0) is 43.4 Å². The van der Waals surface area contributed by atoms with Gasteiger partial charge in [0.15, 0.2) is 5.65 Å². The first kappa shape index (κ1) is 28.9. The van der Waals surface area contributed by atoms with Gasteiger partial charge in [-0.1, -0.05) is 42.5 Å². The van der Waals surface area contributed by atoms with Crippen molar-refractivity contribution >= 4 is 39.0 Å². The minimum absolute atomic E-state index is 0.0397. The zero-order valence-electron chi connectivity index (χ0n) is 22.5. The Labute approximate surface area is 240 Å². The molecule has 2 aromatic heterocycles. The minimum Gasteiger partial charge on any atom is -0.433 e. The number of aromatic nitrogens is 3. The fourth-order valence-electron chi connectivity index (χ4n) is 4.84. The number of ether oxygens (including phenoxy) is 1. The van der Waals surface area contributed by atoms with Crippen molar-refractivity contribution in [3.63, 3.8) is 0 Å². The highest BCUT2D eigenvalue weighted by atomic mass is 32.2. The maximum Gasteiger partial charge on any atom is 0.387 e. The van der Waals surface area contributed by atoms with E-state index in [0.717, 1.165) is 23.6 Å². The summed E-state index contributed by atoms with van der Waals surface area (Å²) in [6.07, 6.45) is 3.87. The van der Waals surface area contributed by atoms with Gasteiger partial charge in [-0.2, -0.15) is 18.4 Å². The SMILES string of the molecule is CCS(=O)(=O)NC(=O)c1cnn2c(Nc3ccccc3OC(F)F)c(C(=O)N3CCC(c4ccccc4)CC3)cnc12. The monoisotopic (exact) mass is 598 g/mol.